The second-order valence-corrected chi connectivity index (χ2v) is 6.33. The minimum absolute atomic E-state index is 0.0918. The summed E-state index contributed by atoms with van der Waals surface area (Å²) in [5.74, 6) is -0.820. The molecule has 3 nitrogen and oxygen atoms in total. The largest absolute Gasteiger partial charge is 0.481 e. The van der Waals surface area contributed by atoms with E-state index in [0.717, 1.165) is 10.5 Å². The van der Waals surface area contributed by atoms with Gasteiger partial charge in [0.1, 0.15) is 0 Å². The highest BCUT2D eigenvalue weighted by molar-refractivity contribution is 7.99. The molecule has 0 aliphatic rings. The number of rotatable bonds is 8. The van der Waals surface area contributed by atoms with E-state index in [1.165, 1.54) is 0 Å². The van der Waals surface area contributed by atoms with Crippen molar-refractivity contribution in [3.63, 3.8) is 0 Å². The maximum Gasteiger partial charge on any atom is 0.303 e. The van der Waals surface area contributed by atoms with Gasteiger partial charge < -0.3 is 10.2 Å². The lowest BCUT2D eigenvalue weighted by atomic mass is 10.0. The molecule has 2 N–H and O–H groups in total. The topological polar surface area (TPSA) is 57.5 Å². The van der Waals surface area contributed by atoms with E-state index in [1.807, 2.05) is 60.7 Å². The fourth-order valence-corrected chi connectivity index (χ4v) is 3.46. The zero-order chi connectivity index (χ0) is 15.8. The van der Waals surface area contributed by atoms with E-state index in [2.05, 4.69) is 0 Å². The predicted molar refractivity (Wildman–Crippen MR) is 89.0 cm³/mol. The third-order valence-electron chi connectivity index (χ3n) is 3.37. The molecular weight excluding hydrogens is 296 g/mol. The van der Waals surface area contributed by atoms with E-state index < -0.39 is 12.1 Å². The number of carboxylic acid groups (broad SMARTS) is 1. The SMILES string of the molecule is O=C(O)CCC[C@@H](O)[C@H](Sc1ccccc1)c1ccccc1. The Hall–Kier alpha value is -1.78. The number of aliphatic carboxylic acids is 1. The average molecular weight is 316 g/mol. The quantitative estimate of drug-likeness (QED) is 0.719. The molecule has 0 saturated carbocycles. The van der Waals surface area contributed by atoms with Crippen LogP contribution in [0.15, 0.2) is 65.6 Å². The number of carboxylic acids is 1. The zero-order valence-corrected chi connectivity index (χ0v) is 13.1. The van der Waals surface area contributed by atoms with Crippen LogP contribution in [0.2, 0.25) is 0 Å². The Morgan fingerprint density at radius 3 is 2.18 bits per heavy atom. The third-order valence-corrected chi connectivity index (χ3v) is 4.76. The number of benzene rings is 2. The van der Waals surface area contributed by atoms with Gasteiger partial charge in [0, 0.05) is 11.3 Å². The third kappa shape index (κ3) is 5.20. The molecule has 4 heteroatoms. The summed E-state index contributed by atoms with van der Waals surface area (Å²) >= 11 is 1.61. The molecule has 22 heavy (non-hydrogen) atoms. The molecule has 0 bridgehead atoms. The number of aliphatic hydroxyl groups is 1. The highest BCUT2D eigenvalue weighted by Crippen LogP contribution is 2.39. The van der Waals surface area contributed by atoms with Crippen molar-refractivity contribution in [3.8, 4) is 0 Å². The minimum atomic E-state index is -0.820. The summed E-state index contributed by atoms with van der Waals surface area (Å²) < 4.78 is 0. The van der Waals surface area contributed by atoms with Crippen LogP contribution in [0.25, 0.3) is 0 Å². The van der Waals surface area contributed by atoms with Crippen LogP contribution in [0.5, 0.6) is 0 Å². The van der Waals surface area contributed by atoms with E-state index in [0.29, 0.717) is 12.8 Å². The summed E-state index contributed by atoms with van der Waals surface area (Å²) in [5, 5.41) is 19.2. The molecule has 0 fully saturated rings. The van der Waals surface area contributed by atoms with Gasteiger partial charge in [0.2, 0.25) is 0 Å². The van der Waals surface area contributed by atoms with E-state index in [-0.39, 0.29) is 11.7 Å². The van der Waals surface area contributed by atoms with Crippen molar-refractivity contribution in [1.29, 1.82) is 0 Å². The molecule has 0 aliphatic carbocycles. The summed E-state index contributed by atoms with van der Waals surface area (Å²) in [6.45, 7) is 0. The summed E-state index contributed by atoms with van der Waals surface area (Å²) in [4.78, 5) is 11.7. The molecule has 0 unspecified atom stereocenters. The summed E-state index contributed by atoms with van der Waals surface area (Å²) in [7, 11) is 0. The van der Waals surface area contributed by atoms with Gasteiger partial charge >= 0.3 is 5.97 Å². The molecule has 0 spiro atoms. The van der Waals surface area contributed by atoms with Crippen molar-refractivity contribution >= 4 is 17.7 Å². The summed E-state index contributed by atoms with van der Waals surface area (Å²) in [5.41, 5.74) is 1.05. The molecule has 2 aromatic rings. The van der Waals surface area contributed by atoms with Gasteiger partial charge in [-0.25, -0.2) is 0 Å². The number of thioether (sulfide) groups is 1. The van der Waals surface area contributed by atoms with E-state index in [9.17, 15) is 9.90 Å². The van der Waals surface area contributed by atoms with Crippen LogP contribution < -0.4 is 0 Å². The zero-order valence-electron chi connectivity index (χ0n) is 12.3. The Morgan fingerprint density at radius 2 is 1.59 bits per heavy atom. The number of carbonyl (C=O) groups is 1. The van der Waals surface area contributed by atoms with Gasteiger partial charge in [-0.3, -0.25) is 4.79 Å². The van der Waals surface area contributed by atoms with E-state index >= 15 is 0 Å². The van der Waals surface area contributed by atoms with Crippen molar-refractivity contribution in [1.82, 2.24) is 0 Å². The fourth-order valence-electron chi connectivity index (χ4n) is 2.27. The predicted octanol–water partition coefficient (Wildman–Crippen LogP) is 4.14. The fraction of sp³-hybridized carbons (Fsp3) is 0.278. The van der Waals surface area contributed by atoms with Crippen LogP contribution in [0.1, 0.15) is 30.1 Å². The lowest BCUT2D eigenvalue weighted by molar-refractivity contribution is -0.137. The van der Waals surface area contributed by atoms with Crippen molar-refractivity contribution in [2.24, 2.45) is 0 Å². The van der Waals surface area contributed by atoms with E-state index in [1.54, 1.807) is 11.8 Å². The van der Waals surface area contributed by atoms with Crippen LogP contribution in [0, 0.1) is 0 Å². The molecule has 116 valence electrons. The van der Waals surface area contributed by atoms with Crippen LogP contribution in [0.3, 0.4) is 0 Å². The Balaban J connectivity index is 2.09. The Bertz CT molecular complexity index is 571. The molecule has 0 aliphatic heterocycles. The molecular formula is C18H20O3S. The number of aliphatic hydroxyl groups excluding tert-OH is 1. The normalized spacial score (nSPS) is 13.5. The second kappa shape index (κ2) is 8.61. The standard InChI is InChI=1S/C18H20O3S/c19-16(12-7-13-17(20)21)18(14-8-3-1-4-9-14)22-15-10-5-2-6-11-15/h1-6,8-11,16,18-19H,7,12-13H2,(H,20,21)/t16-,18-/m1/s1. The molecule has 0 aromatic heterocycles. The molecule has 0 radical (unpaired) electrons. The van der Waals surface area contributed by atoms with Gasteiger partial charge in [-0.1, -0.05) is 48.5 Å². The van der Waals surface area contributed by atoms with Crippen LogP contribution in [-0.4, -0.2) is 22.3 Å². The molecule has 2 aromatic carbocycles. The maximum absolute atomic E-state index is 10.6. The molecule has 0 heterocycles. The first-order chi connectivity index (χ1) is 10.7. The van der Waals surface area contributed by atoms with Crippen LogP contribution in [-0.2, 0) is 4.79 Å². The maximum atomic E-state index is 10.6. The molecule has 0 amide bonds. The van der Waals surface area contributed by atoms with Crippen molar-refractivity contribution in [2.75, 3.05) is 0 Å². The van der Waals surface area contributed by atoms with E-state index in [4.69, 9.17) is 5.11 Å². The number of hydrogen-bond donors (Lipinski definition) is 2. The van der Waals surface area contributed by atoms with Gasteiger partial charge in [0.25, 0.3) is 0 Å². The highest BCUT2D eigenvalue weighted by atomic mass is 32.2. The molecule has 0 saturated heterocycles. The highest BCUT2D eigenvalue weighted by Gasteiger charge is 2.22. The first kappa shape index (κ1) is 16.6. The summed E-state index contributed by atoms with van der Waals surface area (Å²) in [6.07, 6.45) is 0.474. The van der Waals surface area contributed by atoms with Gasteiger partial charge in [-0.15, -0.1) is 11.8 Å². The average Bonchev–Trinajstić information content (AvgIpc) is 2.54. The molecule has 2 atom stereocenters. The van der Waals surface area contributed by atoms with Crippen LogP contribution in [0.4, 0.5) is 0 Å². The number of hydrogen-bond acceptors (Lipinski definition) is 3. The Labute approximate surface area is 135 Å². The van der Waals surface area contributed by atoms with Gasteiger partial charge in [0.05, 0.1) is 11.4 Å². The Morgan fingerprint density at radius 1 is 1.00 bits per heavy atom. The van der Waals surface area contributed by atoms with Crippen molar-refractivity contribution in [3.05, 3.63) is 66.2 Å². The molecule has 2 rings (SSSR count). The van der Waals surface area contributed by atoms with Crippen molar-refractivity contribution in [2.45, 2.75) is 35.5 Å². The monoisotopic (exact) mass is 316 g/mol. The minimum Gasteiger partial charge on any atom is -0.481 e. The van der Waals surface area contributed by atoms with Crippen molar-refractivity contribution < 1.29 is 15.0 Å². The Kier molecular flexibility index (Phi) is 6.49. The van der Waals surface area contributed by atoms with Gasteiger partial charge in [0.15, 0.2) is 0 Å². The van der Waals surface area contributed by atoms with Gasteiger partial charge in [-0.2, -0.15) is 0 Å². The second-order valence-electron chi connectivity index (χ2n) is 5.12. The first-order valence-corrected chi connectivity index (χ1v) is 8.21. The smallest absolute Gasteiger partial charge is 0.303 e. The lowest BCUT2D eigenvalue weighted by Gasteiger charge is -2.23. The van der Waals surface area contributed by atoms with Crippen LogP contribution >= 0.6 is 11.8 Å². The first-order valence-electron chi connectivity index (χ1n) is 7.33. The lowest BCUT2D eigenvalue weighted by Crippen LogP contribution is -2.16. The van der Waals surface area contributed by atoms with Gasteiger partial charge in [-0.05, 0) is 30.5 Å². The summed E-state index contributed by atoms with van der Waals surface area (Å²) in [6, 6.07) is 19.8.